The number of carbonyl (C=O) groups is 1. The standard InChI is InChI=1S/C20H20N2O3/c1-4-22-12-15(19(23)14-7-5-6-8-17(14)22)20(24)21-16-11-13(2)9-10-18(16)25-3/h5-12H,4H2,1-3H3,(H,21,24). The number of aryl methyl sites for hydroxylation is 2. The third kappa shape index (κ3) is 3.13. The van der Waals surface area contributed by atoms with E-state index in [4.69, 9.17) is 4.74 Å². The van der Waals surface area contributed by atoms with Crippen LogP contribution in [0.4, 0.5) is 5.69 Å². The van der Waals surface area contributed by atoms with Gasteiger partial charge in [0.05, 0.1) is 18.3 Å². The van der Waals surface area contributed by atoms with Gasteiger partial charge >= 0.3 is 0 Å². The summed E-state index contributed by atoms with van der Waals surface area (Å²) in [4.78, 5) is 25.5. The Morgan fingerprint density at radius 2 is 1.96 bits per heavy atom. The van der Waals surface area contributed by atoms with Gasteiger partial charge in [-0.25, -0.2) is 0 Å². The number of ether oxygens (including phenoxy) is 1. The van der Waals surface area contributed by atoms with Crippen molar-refractivity contribution in [1.82, 2.24) is 4.57 Å². The summed E-state index contributed by atoms with van der Waals surface area (Å²) in [5.41, 5.74) is 2.19. The van der Waals surface area contributed by atoms with Crippen LogP contribution in [0.25, 0.3) is 10.9 Å². The van der Waals surface area contributed by atoms with E-state index in [1.807, 2.05) is 42.7 Å². The van der Waals surface area contributed by atoms with Gasteiger partial charge in [-0.05, 0) is 43.7 Å². The van der Waals surface area contributed by atoms with E-state index in [0.29, 0.717) is 23.4 Å². The average molecular weight is 336 g/mol. The molecule has 0 radical (unpaired) electrons. The number of fused-ring (bicyclic) bond motifs is 1. The van der Waals surface area contributed by atoms with Gasteiger partial charge in [0, 0.05) is 18.1 Å². The number of anilines is 1. The number of carbonyl (C=O) groups excluding carboxylic acids is 1. The van der Waals surface area contributed by atoms with Gasteiger partial charge in [-0.2, -0.15) is 0 Å². The van der Waals surface area contributed by atoms with Crippen LogP contribution in [-0.2, 0) is 6.54 Å². The van der Waals surface area contributed by atoms with E-state index in [0.717, 1.165) is 11.1 Å². The first-order chi connectivity index (χ1) is 12.0. The molecule has 0 aliphatic rings. The molecular weight excluding hydrogens is 316 g/mol. The number of aromatic nitrogens is 1. The maximum absolute atomic E-state index is 12.7. The van der Waals surface area contributed by atoms with Gasteiger partial charge in [0.2, 0.25) is 5.43 Å². The highest BCUT2D eigenvalue weighted by atomic mass is 16.5. The van der Waals surface area contributed by atoms with Crippen molar-refractivity contribution in [3.63, 3.8) is 0 Å². The molecule has 1 aromatic heterocycles. The zero-order valence-electron chi connectivity index (χ0n) is 14.5. The lowest BCUT2D eigenvalue weighted by Crippen LogP contribution is -2.24. The van der Waals surface area contributed by atoms with Crippen molar-refractivity contribution in [2.75, 3.05) is 12.4 Å². The number of pyridine rings is 1. The zero-order chi connectivity index (χ0) is 18.0. The Morgan fingerprint density at radius 1 is 1.20 bits per heavy atom. The first-order valence-corrected chi connectivity index (χ1v) is 8.13. The number of hydrogen-bond donors (Lipinski definition) is 1. The van der Waals surface area contributed by atoms with Crippen LogP contribution in [-0.4, -0.2) is 17.6 Å². The second-order valence-electron chi connectivity index (χ2n) is 5.83. The Labute approximate surface area is 145 Å². The van der Waals surface area contributed by atoms with Crippen molar-refractivity contribution in [3.05, 3.63) is 70.0 Å². The summed E-state index contributed by atoms with van der Waals surface area (Å²) in [7, 11) is 1.54. The fraction of sp³-hybridized carbons (Fsp3) is 0.200. The summed E-state index contributed by atoms with van der Waals surface area (Å²) >= 11 is 0. The molecule has 0 unspecified atom stereocenters. The molecule has 0 bridgehead atoms. The molecular formula is C20H20N2O3. The van der Waals surface area contributed by atoms with Gasteiger partial charge in [-0.1, -0.05) is 18.2 Å². The Hall–Kier alpha value is -3.08. The molecule has 0 spiro atoms. The van der Waals surface area contributed by atoms with Crippen molar-refractivity contribution in [2.45, 2.75) is 20.4 Å². The first kappa shape index (κ1) is 16.8. The van der Waals surface area contributed by atoms with Crippen LogP contribution < -0.4 is 15.5 Å². The van der Waals surface area contributed by atoms with E-state index in [-0.39, 0.29) is 11.0 Å². The summed E-state index contributed by atoms with van der Waals surface area (Å²) in [5.74, 6) is 0.109. The highest BCUT2D eigenvalue weighted by Gasteiger charge is 2.16. The number of para-hydroxylation sites is 1. The molecule has 3 rings (SSSR count). The largest absolute Gasteiger partial charge is 0.495 e. The Kier molecular flexibility index (Phi) is 4.57. The summed E-state index contributed by atoms with van der Waals surface area (Å²) < 4.78 is 7.19. The van der Waals surface area contributed by atoms with Crippen LogP contribution in [0.2, 0.25) is 0 Å². The number of nitrogens with one attached hydrogen (secondary N) is 1. The van der Waals surface area contributed by atoms with E-state index < -0.39 is 5.91 Å². The second kappa shape index (κ2) is 6.81. The van der Waals surface area contributed by atoms with E-state index in [9.17, 15) is 9.59 Å². The predicted octanol–water partition coefficient (Wildman–Crippen LogP) is 3.59. The fourth-order valence-corrected chi connectivity index (χ4v) is 2.88. The number of rotatable bonds is 4. The van der Waals surface area contributed by atoms with Gasteiger partial charge in [0.1, 0.15) is 11.3 Å². The molecule has 0 atom stereocenters. The first-order valence-electron chi connectivity index (χ1n) is 8.13. The van der Waals surface area contributed by atoms with Gasteiger partial charge in [0.25, 0.3) is 5.91 Å². The maximum atomic E-state index is 12.7. The number of hydrogen-bond acceptors (Lipinski definition) is 3. The predicted molar refractivity (Wildman–Crippen MR) is 99.6 cm³/mol. The number of benzene rings is 2. The minimum absolute atomic E-state index is 0.115. The minimum Gasteiger partial charge on any atom is -0.495 e. The topological polar surface area (TPSA) is 60.3 Å². The lowest BCUT2D eigenvalue weighted by molar-refractivity contribution is 0.102. The summed E-state index contributed by atoms with van der Waals surface area (Å²) in [6.07, 6.45) is 1.61. The molecule has 1 amide bonds. The molecule has 0 fully saturated rings. The van der Waals surface area contributed by atoms with Gasteiger partial charge < -0.3 is 14.6 Å². The van der Waals surface area contributed by atoms with E-state index in [2.05, 4.69) is 5.32 Å². The summed E-state index contributed by atoms with van der Waals surface area (Å²) in [6.45, 7) is 4.56. The van der Waals surface area contributed by atoms with Crippen molar-refractivity contribution in [1.29, 1.82) is 0 Å². The molecule has 5 heteroatoms. The highest BCUT2D eigenvalue weighted by molar-refractivity contribution is 6.06. The van der Waals surface area contributed by atoms with E-state index >= 15 is 0 Å². The summed E-state index contributed by atoms with van der Waals surface area (Å²) in [5, 5.41) is 3.33. The monoisotopic (exact) mass is 336 g/mol. The summed E-state index contributed by atoms with van der Waals surface area (Å²) in [6, 6.07) is 12.8. The third-order valence-electron chi connectivity index (χ3n) is 4.18. The van der Waals surface area contributed by atoms with Gasteiger partial charge in [0.15, 0.2) is 0 Å². The normalized spacial score (nSPS) is 10.7. The molecule has 1 heterocycles. The third-order valence-corrected chi connectivity index (χ3v) is 4.18. The van der Waals surface area contributed by atoms with Crippen LogP contribution in [0.3, 0.4) is 0 Å². The zero-order valence-corrected chi connectivity index (χ0v) is 14.5. The van der Waals surface area contributed by atoms with Crippen molar-refractivity contribution in [3.8, 4) is 5.75 Å². The van der Waals surface area contributed by atoms with E-state index in [1.165, 1.54) is 0 Å². The quantitative estimate of drug-likeness (QED) is 0.792. The maximum Gasteiger partial charge on any atom is 0.261 e. The highest BCUT2D eigenvalue weighted by Crippen LogP contribution is 2.25. The molecule has 2 aromatic carbocycles. The number of amides is 1. The van der Waals surface area contributed by atoms with Crippen LogP contribution in [0.15, 0.2) is 53.5 Å². The van der Waals surface area contributed by atoms with Crippen molar-refractivity contribution >= 4 is 22.5 Å². The van der Waals surface area contributed by atoms with Crippen LogP contribution in [0.1, 0.15) is 22.8 Å². The van der Waals surface area contributed by atoms with Crippen molar-refractivity contribution in [2.24, 2.45) is 0 Å². The molecule has 0 aliphatic carbocycles. The molecule has 0 aliphatic heterocycles. The van der Waals surface area contributed by atoms with Gasteiger partial charge in [-0.15, -0.1) is 0 Å². The van der Waals surface area contributed by atoms with Crippen molar-refractivity contribution < 1.29 is 9.53 Å². The average Bonchev–Trinajstić information content (AvgIpc) is 2.62. The van der Waals surface area contributed by atoms with Gasteiger partial charge in [-0.3, -0.25) is 9.59 Å². The Bertz CT molecular complexity index is 1010. The number of methoxy groups -OCH3 is 1. The Balaban J connectivity index is 2.08. The SMILES string of the molecule is CCn1cc(C(=O)Nc2cc(C)ccc2OC)c(=O)c2ccccc21. The lowest BCUT2D eigenvalue weighted by Gasteiger charge is -2.13. The molecule has 1 N–H and O–H groups in total. The van der Waals surface area contributed by atoms with Crippen LogP contribution in [0.5, 0.6) is 5.75 Å². The number of nitrogens with zero attached hydrogens (tertiary/aromatic N) is 1. The molecule has 3 aromatic rings. The smallest absolute Gasteiger partial charge is 0.261 e. The lowest BCUT2D eigenvalue weighted by atomic mass is 10.1. The fourth-order valence-electron chi connectivity index (χ4n) is 2.88. The van der Waals surface area contributed by atoms with Crippen LogP contribution in [0, 0.1) is 6.92 Å². The Morgan fingerprint density at radius 3 is 2.68 bits per heavy atom. The molecule has 0 saturated heterocycles. The molecule has 128 valence electrons. The molecule has 5 nitrogen and oxygen atoms in total. The molecule has 25 heavy (non-hydrogen) atoms. The minimum atomic E-state index is -0.443. The second-order valence-corrected chi connectivity index (χ2v) is 5.83. The van der Waals surface area contributed by atoms with Crippen LogP contribution >= 0.6 is 0 Å². The molecule has 0 saturated carbocycles. The van der Waals surface area contributed by atoms with E-state index in [1.54, 1.807) is 31.5 Å².